The Bertz CT molecular complexity index is 7420. The molecule has 4 unspecified atom stereocenters. The lowest BCUT2D eigenvalue weighted by Crippen LogP contribution is -2.53. The zero-order chi connectivity index (χ0) is 106. The maximum absolute atomic E-state index is 13.2. The molecule has 0 aliphatic carbocycles. The number of pyridine rings is 5. The minimum Gasteiger partial charge on any atom is -0.355 e. The molecule has 0 saturated carbocycles. The number of nitriles is 6. The van der Waals surface area contributed by atoms with E-state index in [0.717, 1.165) is 103 Å². The maximum Gasteiger partial charge on any atom is 0.286 e. The first-order valence-corrected chi connectivity index (χ1v) is 54.2. The van der Waals surface area contributed by atoms with Crippen LogP contribution < -0.4 is 43.2 Å². The van der Waals surface area contributed by atoms with Crippen molar-refractivity contribution in [3.8, 4) is 104 Å². The number of thioether (sulfide) groups is 6. The van der Waals surface area contributed by atoms with Gasteiger partial charge in [-0.3, -0.25) is 71.1 Å². The quantitative estimate of drug-likeness (QED) is 0.121. The van der Waals surface area contributed by atoms with Crippen LogP contribution in [0.25, 0.3) is 67.5 Å². The van der Waals surface area contributed by atoms with E-state index in [2.05, 4.69) is 184 Å². The monoisotopic (exact) mass is 2090 g/mol. The van der Waals surface area contributed by atoms with E-state index in [1.54, 1.807) is 119 Å². The Kier molecular flexibility index (Phi) is 32.2. The molecule has 5 atom stereocenters. The number of hydrogen-bond donors (Lipinski definition) is 0. The first-order chi connectivity index (χ1) is 69.6. The van der Waals surface area contributed by atoms with E-state index in [1.807, 2.05) is 101 Å². The number of alkyl halides is 2. The van der Waals surface area contributed by atoms with E-state index in [4.69, 9.17) is 0 Å². The van der Waals surface area contributed by atoms with Crippen molar-refractivity contribution in [1.82, 2.24) is 92.2 Å². The summed E-state index contributed by atoms with van der Waals surface area (Å²) in [4.78, 5) is 138. The molecule has 12 aromatic heterocycles. The number of anilines is 2. The molecule has 41 heteroatoms. The lowest BCUT2D eigenvalue weighted by atomic mass is 9.84. The van der Waals surface area contributed by atoms with E-state index in [1.165, 1.54) is 34.7 Å². The summed E-state index contributed by atoms with van der Waals surface area (Å²) in [6, 6.07) is 30.1. The summed E-state index contributed by atoms with van der Waals surface area (Å²) < 4.78 is 36.1. The smallest absolute Gasteiger partial charge is 0.286 e. The molecule has 12 aromatic rings. The molecule has 2 fully saturated rings. The van der Waals surface area contributed by atoms with Gasteiger partial charge in [-0.25, -0.2) is 49.8 Å². The van der Waals surface area contributed by atoms with Crippen molar-refractivity contribution < 1.29 is 8.78 Å². The number of hydrogen-bond acceptors (Lipinski definition) is 33. The van der Waals surface area contributed by atoms with Crippen molar-refractivity contribution in [2.24, 2.45) is 34.5 Å². The maximum atomic E-state index is 13.2. The fourth-order valence-corrected chi connectivity index (χ4v) is 23.6. The highest BCUT2D eigenvalue weighted by Crippen LogP contribution is 2.41. The molecule has 0 radical (unpaired) electrons. The topological polar surface area (TPSA) is 449 Å². The molecule has 20 rings (SSSR count). The largest absolute Gasteiger partial charge is 0.355 e. The summed E-state index contributed by atoms with van der Waals surface area (Å²) in [6.07, 6.45) is 13.1. The van der Waals surface area contributed by atoms with Gasteiger partial charge in [-0.1, -0.05) is 188 Å². The number of fused-ring (bicyclic) bond motifs is 6. The number of aromatic nitrogens is 19. The van der Waals surface area contributed by atoms with Gasteiger partial charge in [0.05, 0.1) is 34.2 Å². The molecule has 0 bridgehead atoms. The Balaban J connectivity index is 0.000000132. The summed E-state index contributed by atoms with van der Waals surface area (Å²) in [5, 5.41) is 60.8. The molecule has 8 aliphatic heterocycles. The average Bonchev–Trinajstić information content (AvgIpc) is 0.764. The zero-order valence-corrected chi connectivity index (χ0v) is 90.4. The minimum absolute atomic E-state index is 0.0502. The SMILES string of the molecule is CC(F)(F)c1ccc(-c2nc3n(c(=O)c2C#N)CCCS3)cn1.CC1CCSc2nc(-c3ccc(C(C)(C)C)nc3)c(C#N)c(=O)n21.CC1CSc2nc(-c3ccc(N4CC(C)(C)C4)nc3)c(C#N)c(=O)n2C1.CC1CSc2nc(-c3ccc(N4CC(C)(C)C4)nc3)c(C#N)c(=O)n2C1.CC1CSc2nc(-c3cnc(C(C)(C)C)nc3)c(C#N)c(=O)n2C1.C[C@@H]1CSc2nc(-c3ccc(C(C)(C)C)nc3)c(C#N)c(=O)n2C1. The van der Waals surface area contributed by atoms with Gasteiger partial charge in [0.1, 0.15) is 93.0 Å². The third kappa shape index (κ3) is 23.9. The van der Waals surface area contributed by atoms with Crippen LogP contribution in [-0.2, 0) is 54.9 Å². The summed E-state index contributed by atoms with van der Waals surface area (Å²) in [7, 11) is 0. The normalized spacial score (nSPS) is 18.0. The van der Waals surface area contributed by atoms with Gasteiger partial charge in [-0.2, -0.15) is 40.4 Å². The first-order valence-electron chi connectivity index (χ1n) is 48.2. The molecule has 147 heavy (non-hydrogen) atoms. The lowest BCUT2D eigenvalue weighted by Gasteiger charge is -2.46. The molecule has 0 amide bonds. The van der Waals surface area contributed by atoms with Crippen molar-refractivity contribution in [1.29, 1.82) is 31.6 Å². The highest BCUT2D eigenvalue weighted by Gasteiger charge is 2.39. The molecule has 20 heterocycles. The van der Waals surface area contributed by atoms with Crippen LogP contribution in [-0.4, -0.2) is 153 Å². The Labute approximate surface area is 876 Å². The molecule has 758 valence electrons. The van der Waals surface area contributed by atoms with E-state index >= 15 is 0 Å². The van der Waals surface area contributed by atoms with Gasteiger partial charge in [0.25, 0.3) is 39.3 Å². The van der Waals surface area contributed by atoms with Crippen LogP contribution in [0, 0.1) is 102 Å². The van der Waals surface area contributed by atoms with Gasteiger partial charge in [-0.15, -0.1) is 0 Å². The zero-order valence-electron chi connectivity index (χ0n) is 85.5. The number of nitrogens with zero attached hydrogens (tertiary/aromatic N) is 27. The Morgan fingerprint density at radius 1 is 0.333 bits per heavy atom. The number of rotatable bonds is 9. The highest BCUT2D eigenvalue weighted by molar-refractivity contribution is 8.00. The Morgan fingerprint density at radius 3 is 0.898 bits per heavy atom. The molecular weight excluding hydrogens is 1980 g/mol. The van der Waals surface area contributed by atoms with E-state index in [-0.39, 0.29) is 94.9 Å². The summed E-state index contributed by atoms with van der Waals surface area (Å²) in [6.45, 7) is 45.6. The molecule has 33 nitrogen and oxygen atoms in total. The fraction of sp³-hybridized carbons (Fsp3) is 0.443. The summed E-state index contributed by atoms with van der Waals surface area (Å²) in [5.74, 6) is 6.55. The Morgan fingerprint density at radius 2 is 0.612 bits per heavy atom. The molecule has 0 aromatic carbocycles. The predicted octanol–water partition coefficient (Wildman–Crippen LogP) is 17.7. The molecular formula is C106H113F2N27O6S6. The highest BCUT2D eigenvalue weighted by atomic mass is 32.2. The minimum atomic E-state index is -3.05. The number of halogens is 2. The second-order valence-electron chi connectivity index (χ2n) is 42.6. The van der Waals surface area contributed by atoms with Crippen molar-refractivity contribution in [2.75, 3.05) is 70.5 Å². The fourth-order valence-electron chi connectivity index (χ4n) is 17.4. The molecule has 2 saturated heterocycles. The Hall–Kier alpha value is -13.4. The van der Waals surface area contributed by atoms with Crippen LogP contribution in [0.4, 0.5) is 20.4 Å². The van der Waals surface area contributed by atoms with Crippen LogP contribution >= 0.6 is 70.6 Å². The van der Waals surface area contributed by atoms with Crippen LogP contribution in [0.3, 0.4) is 0 Å². The van der Waals surface area contributed by atoms with E-state index in [0.29, 0.717) is 166 Å². The van der Waals surface area contributed by atoms with Gasteiger partial charge < -0.3 is 9.80 Å². The summed E-state index contributed by atoms with van der Waals surface area (Å²) >= 11 is 9.27. The van der Waals surface area contributed by atoms with Crippen molar-refractivity contribution in [2.45, 2.75) is 236 Å². The molecule has 0 spiro atoms. The first kappa shape index (κ1) is 108. The van der Waals surface area contributed by atoms with Crippen LogP contribution in [0.1, 0.15) is 207 Å². The average molecular weight is 2090 g/mol. The second-order valence-corrected chi connectivity index (χ2v) is 48.7. The van der Waals surface area contributed by atoms with Gasteiger partial charge in [0, 0.05) is 211 Å². The van der Waals surface area contributed by atoms with Gasteiger partial charge in [0.15, 0.2) is 30.9 Å². The standard InChI is InChI=1S/2C19H21N5OS.2C18H20N4OS.C17H19N5OS.C15H12F2N4OS/c2*1-12-8-24-17(25)14(6-20)16(22-18(24)26-9-12)13-4-5-15(21-7-13)23-10-19(2,3)11-23;1-11-9-22-16(23)13(7-19)15(21-17(22)24-10-11)12-5-6-14(20-8-12)18(2,3)4;1-11-7-8-24-17-21-15(13(9-19)16(23)22(11)17)12-5-6-14(20-10-12)18(2,3)4;1-10-8-22-14(23)12(5-18)13(21-16(22)24-9-10)11-6-19-15(20-7-11)17(2,3)4;1-15(16,17)11-4-3-9(8-19-11)12-10(7-18)13(22)21-5-2-6-23-14(21)20-12/h2*4-5,7,12H,8-11H2,1-3H3;5-6,8,11H,9-10H2,1-4H3;5-6,10-11H,7-8H2,1-4H3;6-7,10H,8-9H2,1-4H3;3-4,8H,2,5-6H2,1H3/t;;11-;;;/m..0.../s1. The van der Waals surface area contributed by atoms with Gasteiger partial charge in [0.2, 0.25) is 0 Å². The molecule has 0 N–H and O–H groups in total. The van der Waals surface area contributed by atoms with Crippen molar-refractivity contribution in [3.63, 3.8) is 0 Å². The molecule has 8 aliphatic rings. The van der Waals surface area contributed by atoms with Crippen LogP contribution in [0.5, 0.6) is 0 Å². The van der Waals surface area contributed by atoms with E-state index < -0.39 is 11.5 Å². The van der Waals surface area contributed by atoms with Gasteiger partial charge in [-0.05, 0) is 115 Å². The van der Waals surface area contributed by atoms with E-state index in [9.17, 15) is 69.1 Å². The van der Waals surface area contributed by atoms with Crippen molar-refractivity contribution in [3.05, 3.63) is 222 Å². The van der Waals surface area contributed by atoms with Gasteiger partial charge >= 0.3 is 0 Å². The van der Waals surface area contributed by atoms with Crippen molar-refractivity contribution >= 4 is 82.2 Å². The van der Waals surface area contributed by atoms with Crippen LogP contribution in [0.15, 0.2) is 164 Å². The lowest BCUT2D eigenvalue weighted by molar-refractivity contribution is 0.0128. The second kappa shape index (κ2) is 44.0. The third-order valence-corrected chi connectivity index (χ3v) is 32.5. The third-order valence-electron chi connectivity index (χ3n) is 25.2. The summed E-state index contributed by atoms with van der Waals surface area (Å²) in [5.41, 5.74) is 6.74. The van der Waals surface area contributed by atoms with Crippen LogP contribution in [0.2, 0.25) is 0 Å². The predicted molar refractivity (Wildman–Crippen MR) is 569 cm³/mol.